The Morgan fingerprint density at radius 3 is 2.62 bits per heavy atom. The molecule has 0 radical (unpaired) electrons. The van der Waals surface area contributed by atoms with E-state index in [-0.39, 0.29) is 5.78 Å². The van der Waals surface area contributed by atoms with Gasteiger partial charge in [-0.15, -0.1) is 0 Å². The average Bonchev–Trinajstić information content (AvgIpc) is 2.10. The maximum atomic E-state index is 11.1. The normalized spacial score (nSPS) is 22.2. The fourth-order valence-electron chi connectivity index (χ4n) is 1.22. The van der Waals surface area contributed by atoms with Crippen molar-refractivity contribution in [3.63, 3.8) is 0 Å². The van der Waals surface area contributed by atoms with Crippen LogP contribution in [-0.2, 0) is 4.79 Å². The minimum absolute atomic E-state index is 0.184. The fraction of sp³-hybridized carbons (Fsp3) is 0.667. The number of carbonyl (C=O) groups is 1. The smallest absolute Gasteiger partial charge is 0.211 e. The van der Waals surface area contributed by atoms with Gasteiger partial charge in [-0.05, 0) is 26.6 Å². The Balaban J connectivity index is 2.35. The molecule has 1 unspecified atom stereocenters. The van der Waals surface area contributed by atoms with Crippen LogP contribution >= 0.6 is 0 Å². The molecule has 0 aromatic carbocycles. The van der Waals surface area contributed by atoms with Crippen molar-refractivity contribution in [2.24, 2.45) is 0 Å². The lowest BCUT2D eigenvalue weighted by Gasteiger charge is -2.26. The summed E-state index contributed by atoms with van der Waals surface area (Å²) in [6.45, 7) is 3.38. The van der Waals surface area contributed by atoms with Crippen molar-refractivity contribution < 1.29 is 9.90 Å². The number of aliphatic hydroxyl groups is 1. The van der Waals surface area contributed by atoms with Crippen molar-refractivity contribution in [3.05, 3.63) is 11.3 Å². The standard InChI is InChI=1S/C9H16N2O2/c1-6-7(9(13)8(6)12)10-4-5-11(2)3/h8,10,12H,4-5H2,1-3H3. The Bertz CT molecular complexity index is 246. The number of Topliss-reactive ketones (excluding diaryl/α,β-unsaturated/α-hetero) is 1. The third-order valence-electron chi connectivity index (χ3n) is 2.16. The summed E-state index contributed by atoms with van der Waals surface area (Å²) in [5, 5.41) is 12.1. The summed E-state index contributed by atoms with van der Waals surface area (Å²) < 4.78 is 0. The molecule has 0 aromatic heterocycles. The number of carbonyl (C=O) groups excluding carboxylic acids is 1. The number of likely N-dealkylation sites (N-methyl/N-ethyl adjacent to an activating group) is 1. The van der Waals surface area contributed by atoms with Crippen LogP contribution < -0.4 is 5.32 Å². The second-order valence-electron chi connectivity index (χ2n) is 3.55. The highest BCUT2D eigenvalue weighted by atomic mass is 16.3. The molecule has 0 fully saturated rings. The topological polar surface area (TPSA) is 52.6 Å². The third kappa shape index (κ3) is 2.08. The first-order valence-corrected chi connectivity index (χ1v) is 4.35. The van der Waals surface area contributed by atoms with Gasteiger partial charge >= 0.3 is 0 Å². The van der Waals surface area contributed by atoms with Crippen molar-refractivity contribution >= 4 is 5.78 Å². The van der Waals surface area contributed by atoms with Gasteiger partial charge in [0, 0.05) is 13.1 Å². The average molecular weight is 184 g/mol. The molecule has 74 valence electrons. The molecule has 0 saturated carbocycles. The van der Waals surface area contributed by atoms with E-state index in [9.17, 15) is 4.79 Å². The predicted octanol–water partition coefficient (Wildman–Crippen LogP) is -0.645. The highest BCUT2D eigenvalue weighted by Crippen LogP contribution is 2.21. The Kier molecular flexibility index (Phi) is 3.06. The fourth-order valence-corrected chi connectivity index (χ4v) is 1.22. The molecule has 13 heavy (non-hydrogen) atoms. The monoisotopic (exact) mass is 184 g/mol. The van der Waals surface area contributed by atoms with Gasteiger partial charge in [0.05, 0.1) is 5.70 Å². The van der Waals surface area contributed by atoms with E-state index in [0.717, 1.165) is 18.7 Å². The summed E-state index contributed by atoms with van der Waals surface area (Å²) >= 11 is 0. The number of nitrogens with zero attached hydrogens (tertiary/aromatic N) is 1. The molecule has 4 heteroatoms. The Morgan fingerprint density at radius 2 is 2.15 bits per heavy atom. The summed E-state index contributed by atoms with van der Waals surface area (Å²) in [7, 11) is 3.95. The van der Waals surface area contributed by atoms with Gasteiger partial charge in [0.25, 0.3) is 0 Å². The first-order valence-electron chi connectivity index (χ1n) is 4.35. The first kappa shape index (κ1) is 10.2. The second-order valence-corrected chi connectivity index (χ2v) is 3.55. The van der Waals surface area contributed by atoms with Crippen LogP contribution in [0.25, 0.3) is 0 Å². The molecule has 0 aliphatic heterocycles. The summed E-state index contributed by atoms with van der Waals surface area (Å²) in [5.74, 6) is -0.184. The van der Waals surface area contributed by atoms with Gasteiger partial charge in [-0.25, -0.2) is 0 Å². The van der Waals surface area contributed by atoms with Crippen LogP contribution in [0.1, 0.15) is 6.92 Å². The lowest BCUT2D eigenvalue weighted by atomic mass is 9.90. The van der Waals surface area contributed by atoms with Crippen LogP contribution in [0, 0.1) is 0 Å². The highest BCUT2D eigenvalue weighted by molar-refractivity contribution is 6.07. The number of aliphatic hydroxyl groups excluding tert-OH is 1. The molecule has 1 aliphatic rings. The zero-order chi connectivity index (χ0) is 10.0. The molecule has 0 saturated heterocycles. The van der Waals surface area contributed by atoms with Crippen LogP contribution in [-0.4, -0.2) is 49.1 Å². The zero-order valence-electron chi connectivity index (χ0n) is 8.29. The second kappa shape index (κ2) is 3.89. The number of ketones is 1. The molecule has 1 atom stereocenters. The van der Waals surface area contributed by atoms with E-state index in [1.54, 1.807) is 6.92 Å². The van der Waals surface area contributed by atoms with Crippen LogP contribution in [0.3, 0.4) is 0 Å². The third-order valence-corrected chi connectivity index (χ3v) is 2.16. The summed E-state index contributed by atoms with van der Waals surface area (Å²) in [6.07, 6.45) is -0.859. The van der Waals surface area contributed by atoms with Gasteiger partial charge in [-0.3, -0.25) is 4.79 Å². The quantitative estimate of drug-likeness (QED) is 0.610. The molecule has 0 heterocycles. The summed E-state index contributed by atoms with van der Waals surface area (Å²) in [5.41, 5.74) is 1.35. The maximum Gasteiger partial charge on any atom is 0.211 e. The number of nitrogens with one attached hydrogen (secondary N) is 1. The number of rotatable bonds is 4. The summed E-state index contributed by atoms with van der Waals surface area (Å²) in [6, 6.07) is 0. The molecule has 0 amide bonds. The van der Waals surface area contributed by atoms with E-state index in [0.29, 0.717) is 5.70 Å². The van der Waals surface area contributed by atoms with Crippen molar-refractivity contribution in [2.75, 3.05) is 27.2 Å². The number of hydrogen-bond acceptors (Lipinski definition) is 4. The number of hydrogen-bond donors (Lipinski definition) is 2. The van der Waals surface area contributed by atoms with E-state index in [2.05, 4.69) is 5.32 Å². The molecule has 0 spiro atoms. The van der Waals surface area contributed by atoms with Gasteiger partial charge in [-0.1, -0.05) is 0 Å². The molecule has 4 nitrogen and oxygen atoms in total. The molecular formula is C9H16N2O2. The largest absolute Gasteiger partial charge is 0.381 e. The lowest BCUT2D eigenvalue weighted by Crippen LogP contribution is -2.43. The highest BCUT2D eigenvalue weighted by Gasteiger charge is 2.34. The minimum atomic E-state index is -0.859. The first-order chi connectivity index (χ1) is 6.04. The molecule has 0 aromatic rings. The zero-order valence-corrected chi connectivity index (χ0v) is 8.29. The van der Waals surface area contributed by atoms with E-state index in [1.807, 2.05) is 19.0 Å². The maximum absolute atomic E-state index is 11.1. The Morgan fingerprint density at radius 1 is 1.54 bits per heavy atom. The van der Waals surface area contributed by atoms with Gasteiger partial charge in [0.2, 0.25) is 5.78 Å². The molecule has 0 bridgehead atoms. The van der Waals surface area contributed by atoms with Crippen LogP contribution in [0.2, 0.25) is 0 Å². The van der Waals surface area contributed by atoms with Gasteiger partial charge in [-0.2, -0.15) is 0 Å². The van der Waals surface area contributed by atoms with E-state index < -0.39 is 6.10 Å². The predicted molar refractivity (Wildman–Crippen MR) is 50.3 cm³/mol. The Labute approximate surface area is 78.2 Å². The molecular weight excluding hydrogens is 168 g/mol. The van der Waals surface area contributed by atoms with Crippen molar-refractivity contribution in [3.8, 4) is 0 Å². The van der Waals surface area contributed by atoms with Crippen molar-refractivity contribution in [2.45, 2.75) is 13.0 Å². The van der Waals surface area contributed by atoms with E-state index >= 15 is 0 Å². The minimum Gasteiger partial charge on any atom is -0.381 e. The van der Waals surface area contributed by atoms with Crippen molar-refractivity contribution in [1.29, 1.82) is 0 Å². The van der Waals surface area contributed by atoms with Gasteiger partial charge in [0.15, 0.2) is 0 Å². The van der Waals surface area contributed by atoms with Gasteiger partial charge < -0.3 is 15.3 Å². The van der Waals surface area contributed by atoms with Crippen LogP contribution in [0.4, 0.5) is 0 Å². The molecule has 2 N–H and O–H groups in total. The Hall–Kier alpha value is -0.870. The van der Waals surface area contributed by atoms with Crippen LogP contribution in [0.5, 0.6) is 0 Å². The van der Waals surface area contributed by atoms with Crippen LogP contribution in [0.15, 0.2) is 11.3 Å². The van der Waals surface area contributed by atoms with Gasteiger partial charge in [0.1, 0.15) is 6.10 Å². The molecule has 1 aliphatic carbocycles. The lowest BCUT2D eigenvalue weighted by molar-refractivity contribution is -0.125. The SMILES string of the molecule is CC1=C(NCCN(C)C)C(=O)C1O. The van der Waals surface area contributed by atoms with E-state index in [4.69, 9.17) is 5.11 Å². The van der Waals surface area contributed by atoms with Crippen molar-refractivity contribution in [1.82, 2.24) is 10.2 Å². The summed E-state index contributed by atoms with van der Waals surface area (Å²) in [4.78, 5) is 13.1. The molecule has 1 rings (SSSR count). The van der Waals surface area contributed by atoms with E-state index in [1.165, 1.54) is 0 Å².